The average Bonchev–Trinajstić information content (AvgIpc) is 2.75. The van der Waals surface area contributed by atoms with Crippen LogP contribution < -0.4 is 0 Å². The number of hydrogen-bond acceptors (Lipinski definition) is 3. The van der Waals surface area contributed by atoms with Crippen molar-refractivity contribution in [2.24, 2.45) is 5.92 Å². The van der Waals surface area contributed by atoms with Crippen LogP contribution in [0.4, 0.5) is 0 Å². The lowest BCUT2D eigenvalue weighted by Gasteiger charge is -2.17. The van der Waals surface area contributed by atoms with Crippen LogP contribution in [0.1, 0.15) is 42.5 Å². The number of aromatic nitrogens is 3. The van der Waals surface area contributed by atoms with Gasteiger partial charge in [0.2, 0.25) is 0 Å². The number of nitrogens with zero attached hydrogens (tertiary/aromatic N) is 3. The summed E-state index contributed by atoms with van der Waals surface area (Å²) in [5, 5.41) is 14.8. The molecular formula is C16H23N3O. The van der Waals surface area contributed by atoms with E-state index < -0.39 is 6.10 Å². The molecule has 1 aromatic heterocycles. The van der Waals surface area contributed by atoms with E-state index in [0.29, 0.717) is 12.3 Å². The van der Waals surface area contributed by atoms with Crippen molar-refractivity contribution in [3.8, 4) is 0 Å². The Labute approximate surface area is 120 Å². The van der Waals surface area contributed by atoms with Gasteiger partial charge in [-0.3, -0.25) is 0 Å². The average molecular weight is 273 g/mol. The van der Waals surface area contributed by atoms with Crippen LogP contribution in [0.2, 0.25) is 0 Å². The van der Waals surface area contributed by atoms with Crippen molar-refractivity contribution in [3.63, 3.8) is 0 Å². The molecule has 2 aromatic rings. The van der Waals surface area contributed by atoms with Crippen LogP contribution in [0.25, 0.3) is 0 Å². The maximum Gasteiger partial charge on any atom is 0.138 e. The van der Waals surface area contributed by atoms with Crippen LogP contribution in [-0.4, -0.2) is 19.9 Å². The fraction of sp³-hybridized carbons (Fsp3) is 0.500. The fourth-order valence-corrected chi connectivity index (χ4v) is 2.57. The summed E-state index contributed by atoms with van der Waals surface area (Å²) in [6.07, 6.45) is 1.53. The molecule has 0 spiro atoms. The summed E-state index contributed by atoms with van der Waals surface area (Å²) < 4.78 is 1.89. The molecule has 4 nitrogen and oxygen atoms in total. The lowest BCUT2D eigenvalue weighted by molar-refractivity contribution is 0.172. The van der Waals surface area contributed by atoms with Crippen LogP contribution in [0.3, 0.4) is 0 Å². The van der Waals surface area contributed by atoms with Gasteiger partial charge in [0.1, 0.15) is 12.2 Å². The van der Waals surface area contributed by atoms with E-state index in [1.54, 1.807) is 6.33 Å². The predicted molar refractivity (Wildman–Crippen MR) is 79.4 cm³/mol. The highest BCUT2D eigenvalue weighted by Gasteiger charge is 2.17. The Hall–Kier alpha value is -1.68. The van der Waals surface area contributed by atoms with E-state index in [4.69, 9.17) is 0 Å². The van der Waals surface area contributed by atoms with E-state index in [1.165, 1.54) is 0 Å². The quantitative estimate of drug-likeness (QED) is 0.911. The van der Waals surface area contributed by atoms with Crippen LogP contribution in [0, 0.1) is 19.8 Å². The van der Waals surface area contributed by atoms with Gasteiger partial charge in [-0.25, -0.2) is 9.67 Å². The van der Waals surface area contributed by atoms with Crippen LogP contribution >= 0.6 is 0 Å². The molecule has 0 saturated heterocycles. The van der Waals surface area contributed by atoms with Gasteiger partial charge in [0.25, 0.3) is 0 Å². The standard InChI is InChI=1S/C16H23N3O/c1-11(2)9-19-15(17-10-18-19)8-14(20)16-12(3)6-5-7-13(16)4/h5-7,10-11,14,20H,8-9H2,1-4H3. The fourth-order valence-electron chi connectivity index (χ4n) is 2.57. The molecule has 0 saturated carbocycles. The van der Waals surface area contributed by atoms with E-state index in [2.05, 4.69) is 23.9 Å². The molecule has 0 aliphatic carbocycles. The molecule has 2 rings (SSSR count). The molecular weight excluding hydrogens is 250 g/mol. The number of aryl methyl sites for hydroxylation is 2. The summed E-state index contributed by atoms with van der Waals surface area (Å²) in [4.78, 5) is 4.29. The summed E-state index contributed by atoms with van der Waals surface area (Å²) in [7, 11) is 0. The molecule has 4 heteroatoms. The first-order valence-electron chi connectivity index (χ1n) is 7.10. The summed E-state index contributed by atoms with van der Waals surface area (Å²) in [6, 6.07) is 6.08. The molecule has 0 bridgehead atoms. The smallest absolute Gasteiger partial charge is 0.138 e. The zero-order valence-electron chi connectivity index (χ0n) is 12.7. The molecule has 0 amide bonds. The van der Waals surface area contributed by atoms with E-state index >= 15 is 0 Å². The second kappa shape index (κ2) is 6.18. The number of aliphatic hydroxyl groups excluding tert-OH is 1. The number of aliphatic hydroxyl groups is 1. The van der Waals surface area contributed by atoms with Crippen molar-refractivity contribution < 1.29 is 5.11 Å². The molecule has 0 aliphatic rings. The molecule has 0 radical (unpaired) electrons. The van der Waals surface area contributed by atoms with Gasteiger partial charge >= 0.3 is 0 Å². The van der Waals surface area contributed by atoms with Crippen molar-refractivity contribution in [3.05, 3.63) is 47.0 Å². The van der Waals surface area contributed by atoms with Gasteiger partial charge < -0.3 is 5.11 Å². The normalized spacial score (nSPS) is 12.9. The summed E-state index contributed by atoms with van der Waals surface area (Å²) in [5.74, 6) is 1.35. The maximum atomic E-state index is 10.5. The minimum Gasteiger partial charge on any atom is -0.388 e. The van der Waals surface area contributed by atoms with Gasteiger partial charge in [-0.1, -0.05) is 32.0 Å². The molecule has 108 valence electrons. The predicted octanol–water partition coefficient (Wildman–Crippen LogP) is 2.83. The Morgan fingerprint density at radius 2 is 1.85 bits per heavy atom. The topological polar surface area (TPSA) is 50.9 Å². The van der Waals surface area contributed by atoms with Gasteiger partial charge in [-0.15, -0.1) is 0 Å². The summed E-state index contributed by atoms with van der Waals surface area (Å²) >= 11 is 0. The largest absolute Gasteiger partial charge is 0.388 e. The van der Waals surface area contributed by atoms with Gasteiger partial charge in [0.05, 0.1) is 6.10 Å². The highest BCUT2D eigenvalue weighted by Crippen LogP contribution is 2.24. The summed E-state index contributed by atoms with van der Waals surface area (Å²) in [5.41, 5.74) is 3.24. The van der Waals surface area contributed by atoms with E-state index in [1.807, 2.05) is 36.7 Å². The SMILES string of the molecule is Cc1cccc(C)c1C(O)Cc1ncnn1CC(C)C. The van der Waals surface area contributed by atoms with Crippen molar-refractivity contribution in [1.82, 2.24) is 14.8 Å². The Morgan fingerprint density at radius 1 is 1.20 bits per heavy atom. The lowest BCUT2D eigenvalue weighted by Crippen LogP contribution is -2.14. The molecule has 0 fully saturated rings. The Balaban J connectivity index is 2.20. The first-order valence-corrected chi connectivity index (χ1v) is 7.10. The maximum absolute atomic E-state index is 10.5. The minimum absolute atomic E-state index is 0.498. The van der Waals surface area contributed by atoms with E-state index in [-0.39, 0.29) is 0 Å². The monoisotopic (exact) mass is 273 g/mol. The highest BCUT2D eigenvalue weighted by atomic mass is 16.3. The molecule has 20 heavy (non-hydrogen) atoms. The number of rotatable bonds is 5. The zero-order valence-corrected chi connectivity index (χ0v) is 12.7. The van der Waals surface area contributed by atoms with Crippen LogP contribution in [0.5, 0.6) is 0 Å². The van der Waals surface area contributed by atoms with Gasteiger partial charge in [0.15, 0.2) is 0 Å². The molecule has 0 aliphatic heterocycles. The lowest BCUT2D eigenvalue weighted by atomic mass is 9.96. The van der Waals surface area contributed by atoms with Gasteiger partial charge in [-0.2, -0.15) is 5.10 Å². The Morgan fingerprint density at radius 3 is 2.45 bits per heavy atom. The van der Waals surface area contributed by atoms with E-state index in [9.17, 15) is 5.11 Å². The van der Waals surface area contributed by atoms with Crippen molar-refractivity contribution >= 4 is 0 Å². The van der Waals surface area contributed by atoms with Gasteiger partial charge in [0, 0.05) is 13.0 Å². The van der Waals surface area contributed by atoms with Crippen molar-refractivity contribution in [2.75, 3.05) is 0 Å². The highest BCUT2D eigenvalue weighted by molar-refractivity contribution is 5.35. The number of hydrogen-bond donors (Lipinski definition) is 1. The van der Waals surface area contributed by atoms with Crippen LogP contribution in [-0.2, 0) is 13.0 Å². The summed E-state index contributed by atoms with van der Waals surface area (Å²) in [6.45, 7) is 9.18. The number of benzene rings is 1. The van der Waals surface area contributed by atoms with E-state index in [0.717, 1.165) is 29.1 Å². The Bertz CT molecular complexity index is 555. The third-order valence-electron chi connectivity index (χ3n) is 3.49. The molecule has 1 unspecified atom stereocenters. The molecule has 1 atom stereocenters. The van der Waals surface area contributed by atoms with Crippen molar-refractivity contribution in [2.45, 2.75) is 46.8 Å². The second-order valence-corrected chi connectivity index (χ2v) is 5.78. The first kappa shape index (κ1) is 14.7. The Kier molecular flexibility index (Phi) is 4.55. The van der Waals surface area contributed by atoms with Crippen molar-refractivity contribution in [1.29, 1.82) is 0 Å². The first-order chi connectivity index (χ1) is 9.49. The third-order valence-corrected chi connectivity index (χ3v) is 3.49. The zero-order chi connectivity index (χ0) is 14.7. The molecule has 1 heterocycles. The third kappa shape index (κ3) is 3.25. The van der Waals surface area contributed by atoms with Gasteiger partial charge in [-0.05, 0) is 36.5 Å². The molecule has 1 N–H and O–H groups in total. The second-order valence-electron chi connectivity index (χ2n) is 5.78. The van der Waals surface area contributed by atoms with Crippen LogP contribution in [0.15, 0.2) is 24.5 Å². The minimum atomic E-state index is -0.536. The molecule has 1 aromatic carbocycles.